The second-order valence-corrected chi connectivity index (χ2v) is 6.30. The van der Waals surface area contributed by atoms with Crippen LogP contribution in [0.2, 0.25) is 0 Å². The number of benzene rings is 2. The van der Waals surface area contributed by atoms with Crippen molar-refractivity contribution in [3.63, 3.8) is 0 Å². The quantitative estimate of drug-likeness (QED) is 0.559. The van der Waals surface area contributed by atoms with Crippen LogP contribution < -0.4 is 14.2 Å². The normalized spacial score (nSPS) is 12.1. The van der Waals surface area contributed by atoms with Gasteiger partial charge in [-0.05, 0) is 42.3 Å². The van der Waals surface area contributed by atoms with Crippen molar-refractivity contribution in [2.75, 3.05) is 20.0 Å². The Morgan fingerprint density at radius 1 is 1.04 bits per heavy atom. The molecule has 0 N–H and O–H groups in total. The Morgan fingerprint density at radius 2 is 1.85 bits per heavy atom. The van der Waals surface area contributed by atoms with Crippen LogP contribution in [0.15, 0.2) is 42.5 Å². The monoisotopic (exact) mass is 356 g/mol. The van der Waals surface area contributed by atoms with E-state index >= 15 is 0 Å². The third-order valence-electron chi connectivity index (χ3n) is 3.68. The maximum atomic E-state index is 12.2. The molecule has 0 bridgehead atoms. The molecular formula is C20H20O6. The third-order valence-corrected chi connectivity index (χ3v) is 3.68. The average Bonchev–Trinajstić information content (AvgIpc) is 3.12. The van der Waals surface area contributed by atoms with Crippen LogP contribution in [-0.4, -0.2) is 31.8 Å². The average molecular weight is 356 g/mol. The van der Waals surface area contributed by atoms with Crippen LogP contribution in [0.4, 0.5) is 0 Å². The zero-order valence-electron chi connectivity index (χ0n) is 14.7. The zero-order valence-corrected chi connectivity index (χ0v) is 14.7. The maximum Gasteiger partial charge on any atom is 0.338 e. The Bertz CT molecular complexity index is 812. The summed E-state index contributed by atoms with van der Waals surface area (Å²) in [6.07, 6.45) is 0. The molecule has 0 saturated heterocycles. The van der Waals surface area contributed by atoms with Crippen molar-refractivity contribution in [3.8, 4) is 17.2 Å². The SMILES string of the molecule is CC(C)COc1cccc(C(=O)OCC(=O)c2ccc3c(c2)OCO3)c1. The summed E-state index contributed by atoms with van der Waals surface area (Å²) < 4.78 is 21.2. The smallest absolute Gasteiger partial charge is 0.338 e. The van der Waals surface area contributed by atoms with Crippen molar-refractivity contribution >= 4 is 11.8 Å². The highest BCUT2D eigenvalue weighted by atomic mass is 16.7. The van der Waals surface area contributed by atoms with E-state index in [1.54, 1.807) is 42.5 Å². The Labute approximate surface area is 151 Å². The van der Waals surface area contributed by atoms with E-state index in [4.69, 9.17) is 18.9 Å². The minimum Gasteiger partial charge on any atom is -0.493 e. The Balaban J connectivity index is 1.58. The standard InChI is InChI=1S/C20H20O6/c1-13(2)10-23-16-5-3-4-15(8-16)20(22)24-11-17(21)14-6-7-18-19(9-14)26-12-25-18/h3-9,13H,10-12H2,1-2H3. The fraction of sp³-hybridized carbons (Fsp3) is 0.300. The van der Waals surface area contributed by atoms with Gasteiger partial charge in [0.1, 0.15) is 5.75 Å². The molecule has 0 radical (unpaired) electrons. The van der Waals surface area contributed by atoms with E-state index < -0.39 is 5.97 Å². The summed E-state index contributed by atoms with van der Waals surface area (Å²) in [6.45, 7) is 4.42. The number of hydrogen-bond acceptors (Lipinski definition) is 6. The lowest BCUT2D eigenvalue weighted by Crippen LogP contribution is -2.14. The van der Waals surface area contributed by atoms with Crippen LogP contribution in [0.3, 0.4) is 0 Å². The number of Topliss-reactive ketones (excluding diaryl/α,β-unsaturated/α-hetero) is 1. The lowest BCUT2D eigenvalue weighted by atomic mass is 10.1. The Kier molecular flexibility index (Phi) is 5.41. The summed E-state index contributed by atoms with van der Waals surface area (Å²) in [7, 11) is 0. The lowest BCUT2D eigenvalue weighted by Gasteiger charge is -2.10. The minimum atomic E-state index is -0.575. The number of esters is 1. The molecule has 1 aliphatic heterocycles. The second kappa shape index (κ2) is 7.91. The summed E-state index contributed by atoms with van der Waals surface area (Å²) in [6, 6.07) is 11.6. The van der Waals surface area contributed by atoms with Crippen molar-refractivity contribution in [3.05, 3.63) is 53.6 Å². The molecule has 2 aromatic carbocycles. The molecule has 6 nitrogen and oxygen atoms in total. The van der Waals surface area contributed by atoms with Crippen LogP contribution in [0.25, 0.3) is 0 Å². The van der Waals surface area contributed by atoms with E-state index in [1.165, 1.54) is 0 Å². The van der Waals surface area contributed by atoms with Crippen LogP contribution in [0, 0.1) is 5.92 Å². The van der Waals surface area contributed by atoms with Gasteiger partial charge in [0, 0.05) is 5.56 Å². The van der Waals surface area contributed by atoms with Gasteiger partial charge >= 0.3 is 5.97 Å². The fourth-order valence-corrected chi connectivity index (χ4v) is 2.34. The third kappa shape index (κ3) is 4.33. The molecule has 2 aromatic rings. The number of hydrogen-bond donors (Lipinski definition) is 0. The van der Waals surface area contributed by atoms with Crippen molar-refractivity contribution in [1.82, 2.24) is 0 Å². The first-order chi connectivity index (χ1) is 12.5. The molecule has 0 saturated carbocycles. The van der Waals surface area contributed by atoms with Gasteiger partial charge in [0.05, 0.1) is 12.2 Å². The number of rotatable bonds is 7. The van der Waals surface area contributed by atoms with Gasteiger partial charge in [-0.3, -0.25) is 4.79 Å². The Hall–Kier alpha value is -3.02. The van der Waals surface area contributed by atoms with Gasteiger partial charge in [-0.25, -0.2) is 4.79 Å². The highest BCUT2D eigenvalue weighted by Crippen LogP contribution is 2.32. The molecule has 0 amide bonds. The van der Waals surface area contributed by atoms with Gasteiger partial charge in [0.15, 0.2) is 23.9 Å². The van der Waals surface area contributed by atoms with Crippen LogP contribution in [0.5, 0.6) is 17.2 Å². The molecule has 0 unspecified atom stereocenters. The highest BCUT2D eigenvalue weighted by Gasteiger charge is 2.18. The van der Waals surface area contributed by atoms with E-state index in [0.717, 1.165) is 0 Å². The maximum absolute atomic E-state index is 12.2. The van der Waals surface area contributed by atoms with Gasteiger partial charge < -0.3 is 18.9 Å². The molecular weight excluding hydrogens is 336 g/mol. The van der Waals surface area contributed by atoms with E-state index in [0.29, 0.717) is 40.9 Å². The lowest BCUT2D eigenvalue weighted by molar-refractivity contribution is 0.0474. The predicted octanol–water partition coefficient (Wildman–Crippen LogP) is 3.49. The second-order valence-electron chi connectivity index (χ2n) is 6.30. The molecule has 0 spiro atoms. The summed E-state index contributed by atoms with van der Waals surface area (Å²) in [5.74, 6) is 1.19. The predicted molar refractivity (Wildman–Crippen MR) is 94.0 cm³/mol. The molecule has 0 aliphatic carbocycles. The zero-order chi connectivity index (χ0) is 18.5. The summed E-state index contributed by atoms with van der Waals surface area (Å²) in [4.78, 5) is 24.4. The molecule has 6 heteroatoms. The molecule has 1 aliphatic rings. The first-order valence-corrected chi connectivity index (χ1v) is 8.36. The van der Waals surface area contributed by atoms with E-state index in [1.807, 2.05) is 13.8 Å². The number of carbonyl (C=O) groups excluding carboxylic acids is 2. The van der Waals surface area contributed by atoms with Gasteiger partial charge in [0.25, 0.3) is 0 Å². The van der Waals surface area contributed by atoms with Gasteiger partial charge in [-0.1, -0.05) is 19.9 Å². The molecule has 3 rings (SSSR count). The number of carbonyl (C=O) groups is 2. The molecule has 0 atom stereocenters. The van der Waals surface area contributed by atoms with E-state index in [2.05, 4.69) is 0 Å². The van der Waals surface area contributed by atoms with E-state index in [-0.39, 0.29) is 19.2 Å². The van der Waals surface area contributed by atoms with Gasteiger partial charge in [0.2, 0.25) is 6.79 Å². The number of ketones is 1. The molecule has 26 heavy (non-hydrogen) atoms. The van der Waals surface area contributed by atoms with Crippen molar-refractivity contribution in [2.24, 2.45) is 5.92 Å². The number of ether oxygens (including phenoxy) is 4. The largest absolute Gasteiger partial charge is 0.493 e. The van der Waals surface area contributed by atoms with Gasteiger partial charge in [-0.15, -0.1) is 0 Å². The minimum absolute atomic E-state index is 0.136. The van der Waals surface area contributed by atoms with Crippen molar-refractivity contribution < 1.29 is 28.5 Å². The first-order valence-electron chi connectivity index (χ1n) is 8.36. The van der Waals surface area contributed by atoms with E-state index in [9.17, 15) is 9.59 Å². The summed E-state index contributed by atoms with van der Waals surface area (Å²) in [5, 5.41) is 0. The van der Waals surface area contributed by atoms with Crippen LogP contribution in [-0.2, 0) is 4.74 Å². The fourth-order valence-electron chi connectivity index (χ4n) is 2.34. The Morgan fingerprint density at radius 3 is 2.65 bits per heavy atom. The highest BCUT2D eigenvalue weighted by molar-refractivity contribution is 5.99. The van der Waals surface area contributed by atoms with Crippen molar-refractivity contribution in [2.45, 2.75) is 13.8 Å². The first kappa shape index (κ1) is 17.8. The van der Waals surface area contributed by atoms with Crippen LogP contribution >= 0.6 is 0 Å². The summed E-state index contributed by atoms with van der Waals surface area (Å²) in [5.41, 5.74) is 0.737. The molecule has 1 heterocycles. The molecule has 136 valence electrons. The topological polar surface area (TPSA) is 71.1 Å². The summed E-state index contributed by atoms with van der Waals surface area (Å²) >= 11 is 0. The molecule has 0 fully saturated rings. The van der Waals surface area contributed by atoms with Crippen LogP contribution in [0.1, 0.15) is 34.6 Å². The van der Waals surface area contributed by atoms with Crippen molar-refractivity contribution in [1.29, 1.82) is 0 Å². The molecule has 0 aromatic heterocycles. The number of fused-ring (bicyclic) bond motifs is 1. The van der Waals surface area contributed by atoms with Gasteiger partial charge in [-0.2, -0.15) is 0 Å².